The van der Waals surface area contributed by atoms with Gasteiger partial charge in [0.2, 0.25) is 0 Å². The lowest BCUT2D eigenvalue weighted by atomic mass is 10.0. The van der Waals surface area contributed by atoms with Crippen LogP contribution in [0.4, 0.5) is 0 Å². The predicted octanol–water partition coefficient (Wildman–Crippen LogP) is 2.83. The molecule has 1 aromatic carbocycles. The van der Waals surface area contributed by atoms with E-state index in [1.54, 1.807) is 19.9 Å². The van der Waals surface area contributed by atoms with Crippen LogP contribution in [0.15, 0.2) is 36.4 Å². The summed E-state index contributed by atoms with van der Waals surface area (Å²) in [5.41, 5.74) is 0.724. The first-order chi connectivity index (χ1) is 7.93. The Labute approximate surface area is 115 Å². The fourth-order valence-corrected chi connectivity index (χ4v) is 1.97. The maximum absolute atomic E-state index is 11.6. The molecule has 0 spiro atoms. The average molecular weight is 346 g/mol. The highest BCUT2D eigenvalue weighted by Crippen LogP contribution is 2.25. The Bertz CT molecular complexity index is 426. The molecule has 92 valence electrons. The SMILES string of the molecule is C=C(C(=O)OC(C)C)C(O)c1ccccc1I. The summed E-state index contributed by atoms with van der Waals surface area (Å²) >= 11 is 2.10. The number of carbonyl (C=O) groups is 1. The number of carbonyl (C=O) groups excluding carboxylic acids is 1. The quantitative estimate of drug-likeness (QED) is 0.518. The van der Waals surface area contributed by atoms with Gasteiger partial charge in [-0.25, -0.2) is 4.79 Å². The van der Waals surface area contributed by atoms with Crippen LogP contribution < -0.4 is 0 Å². The van der Waals surface area contributed by atoms with Crippen LogP contribution >= 0.6 is 22.6 Å². The van der Waals surface area contributed by atoms with E-state index in [1.807, 2.05) is 18.2 Å². The van der Waals surface area contributed by atoms with Crippen molar-refractivity contribution in [2.75, 3.05) is 0 Å². The maximum Gasteiger partial charge on any atom is 0.336 e. The molecule has 0 radical (unpaired) electrons. The Hall–Kier alpha value is -0.880. The Morgan fingerprint density at radius 3 is 2.53 bits per heavy atom. The summed E-state index contributed by atoms with van der Waals surface area (Å²) in [5.74, 6) is -0.563. The summed E-state index contributed by atoms with van der Waals surface area (Å²) in [7, 11) is 0. The molecule has 1 N–H and O–H groups in total. The van der Waals surface area contributed by atoms with Crippen molar-refractivity contribution < 1.29 is 14.6 Å². The van der Waals surface area contributed by atoms with E-state index in [-0.39, 0.29) is 11.7 Å². The van der Waals surface area contributed by atoms with Gasteiger partial charge in [0.25, 0.3) is 0 Å². The number of ether oxygens (including phenoxy) is 1. The summed E-state index contributed by atoms with van der Waals surface area (Å²) in [5, 5.41) is 10.0. The van der Waals surface area contributed by atoms with Gasteiger partial charge in [-0.2, -0.15) is 0 Å². The number of hydrogen-bond donors (Lipinski definition) is 1. The predicted molar refractivity (Wildman–Crippen MR) is 74.5 cm³/mol. The normalized spacial score (nSPS) is 12.3. The summed E-state index contributed by atoms with van der Waals surface area (Å²) in [4.78, 5) is 11.6. The Morgan fingerprint density at radius 2 is 2.00 bits per heavy atom. The van der Waals surface area contributed by atoms with Crippen molar-refractivity contribution in [1.82, 2.24) is 0 Å². The van der Waals surface area contributed by atoms with Crippen LogP contribution in [0.3, 0.4) is 0 Å². The van der Waals surface area contributed by atoms with E-state index in [1.165, 1.54) is 0 Å². The molecule has 1 rings (SSSR count). The molecular formula is C13H15IO3. The first-order valence-electron chi connectivity index (χ1n) is 5.25. The smallest absolute Gasteiger partial charge is 0.336 e. The molecule has 17 heavy (non-hydrogen) atoms. The topological polar surface area (TPSA) is 46.5 Å². The van der Waals surface area contributed by atoms with Crippen LogP contribution in [0, 0.1) is 3.57 Å². The molecule has 0 saturated carbocycles. The lowest BCUT2D eigenvalue weighted by molar-refractivity contribution is -0.143. The Kier molecular flexibility index (Phi) is 5.14. The first kappa shape index (κ1) is 14.2. The van der Waals surface area contributed by atoms with Crippen molar-refractivity contribution in [2.24, 2.45) is 0 Å². The third-order valence-corrected chi connectivity index (χ3v) is 3.12. The third-order valence-electron chi connectivity index (χ3n) is 2.13. The number of aliphatic hydroxyl groups is 1. The molecule has 3 nitrogen and oxygen atoms in total. The van der Waals surface area contributed by atoms with Crippen molar-refractivity contribution in [3.05, 3.63) is 45.6 Å². The van der Waals surface area contributed by atoms with Crippen LogP contribution in [-0.2, 0) is 9.53 Å². The van der Waals surface area contributed by atoms with Gasteiger partial charge in [0.15, 0.2) is 0 Å². The zero-order valence-corrected chi connectivity index (χ0v) is 12.0. The molecule has 0 aliphatic carbocycles. The minimum Gasteiger partial charge on any atom is -0.460 e. The van der Waals surface area contributed by atoms with Crippen molar-refractivity contribution in [3.8, 4) is 0 Å². The van der Waals surface area contributed by atoms with Crippen LogP contribution in [0.25, 0.3) is 0 Å². The summed E-state index contributed by atoms with van der Waals surface area (Å²) in [6.07, 6.45) is -1.24. The van der Waals surface area contributed by atoms with Crippen molar-refractivity contribution in [2.45, 2.75) is 26.1 Å². The molecule has 1 aromatic rings. The summed E-state index contributed by atoms with van der Waals surface area (Å²) in [6, 6.07) is 7.30. The van der Waals surface area contributed by atoms with Crippen LogP contribution in [-0.4, -0.2) is 17.2 Å². The summed E-state index contributed by atoms with van der Waals surface area (Å²) < 4.78 is 5.88. The molecule has 0 bridgehead atoms. The van der Waals surface area contributed by atoms with E-state index in [0.29, 0.717) is 5.56 Å². The monoisotopic (exact) mass is 346 g/mol. The minimum atomic E-state index is -1.02. The molecule has 0 fully saturated rings. The van der Waals surface area contributed by atoms with Crippen molar-refractivity contribution >= 4 is 28.6 Å². The van der Waals surface area contributed by atoms with E-state index in [9.17, 15) is 9.90 Å². The fraction of sp³-hybridized carbons (Fsp3) is 0.308. The molecule has 0 aliphatic heterocycles. The van der Waals surface area contributed by atoms with Gasteiger partial charge in [-0.15, -0.1) is 0 Å². The van der Waals surface area contributed by atoms with E-state index in [2.05, 4.69) is 29.2 Å². The van der Waals surface area contributed by atoms with Crippen LogP contribution in [0.5, 0.6) is 0 Å². The van der Waals surface area contributed by atoms with E-state index < -0.39 is 12.1 Å². The second kappa shape index (κ2) is 6.16. The molecule has 4 heteroatoms. The van der Waals surface area contributed by atoms with Gasteiger partial charge in [0.05, 0.1) is 11.7 Å². The van der Waals surface area contributed by atoms with Crippen LogP contribution in [0.2, 0.25) is 0 Å². The average Bonchev–Trinajstić information content (AvgIpc) is 2.27. The van der Waals surface area contributed by atoms with Gasteiger partial charge in [0, 0.05) is 3.57 Å². The highest BCUT2D eigenvalue weighted by atomic mass is 127. The van der Waals surface area contributed by atoms with Gasteiger partial charge in [-0.05, 0) is 48.1 Å². The standard InChI is InChI=1S/C13H15IO3/c1-8(2)17-13(16)9(3)12(15)10-6-4-5-7-11(10)14/h4-8,12,15H,3H2,1-2H3. The molecular weight excluding hydrogens is 331 g/mol. The molecule has 1 unspecified atom stereocenters. The number of rotatable bonds is 4. The number of benzene rings is 1. The molecule has 1 atom stereocenters. The Morgan fingerprint density at radius 1 is 1.41 bits per heavy atom. The molecule has 0 saturated heterocycles. The van der Waals surface area contributed by atoms with Gasteiger partial charge in [-0.3, -0.25) is 0 Å². The van der Waals surface area contributed by atoms with E-state index >= 15 is 0 Å². The van der Waals surface area contributed by atoms with Gasteiger partial charge in [0.1, 0.15) is 6.10 Å². The Balaban J connectivity index is 2.84. The van der Waals surface area contributed by atoms with E-state index in [0.717, 1.165) is 3.57 Å². The zero-order valence-electron chi connectivity index (χ0n) is 9.81. The first-order valence-corrected chi connectivity index (χ1v) is 6.33. The van der Waals surface area contributed by atoms with Crippen molar-refractivity contribution in [1.29, 1.82) is 0 Å². The zero-order chi connectivity index (χ0) is 13.0. The minimum absolute atomic E-state index is 0.0582. The second-order valence-electron chi connectivity index (χ2n) is 3.90. The van der Waals surface area contributed by atoms with Crippen molar-refractivity contribution in [3.63, 3.8) is 0 Å². The van der Waals surface area contributed by atoms with Gasteiger partial charge >= 0.3 is 5.97 Å². The molecule has 0 amide bonds. The van der Waals surface area contributed by atoms with E-state index in [4.69, 9.17) is 4.74 Å². The highest BCUT2D eigenvalue weighted by Gasteiger charge is 2.21. The molecule has 0 aromatic heterocycles. The largest absolute Gasteiger partial charge is 0.460 e. The number of hydrogen-bond acceptors (Lipinski definition) is 3. The lowest BCUT2D eigenvalue weighted by Gasteiger charge is -2.16. The van der Waals surface area contributed by atoms with Gasteiger partial charge < -0.3 is 9.84 Å². The highest BCUT2D eigenvalue weighted by molar-refractivity contribution is 14.1. The van der Waals surface area contributed by atoms with Gasteiger partial charge in [-0.1, -0.05) is 24.8 Å². The molecule has 0 aliphatic rings. The number of aliphatic hydroxyl groups excluding tert-OH is 1. The number of esters is 1. The third kappa shape index (κ3) is 3.81. The summed E-state index contributed by atoms with van der Waals surface area (Å²) in [6.45, 7) is 7.10. The second-order valence-corrected chi connectivity index (χ2v) is 5.07. The van der Waals surface area contributed by atoms with Crippen LogP contribution in [0.1, 0.15) is 25.5 Å². The maximum atomic E-state index is 11.6. The lowest BCUT2D eigenvalue weighted by Crippen LogP contribution is -2.18. The fourth-order valence-electron chi connectivity index (χ4n) is 1.29. The molecule has 0 heterocycles. The number of halogens is 1.